The average molecular weight is 233 g/mol. The fourth-order valence-corrected chi connectivity index (χ4v) is 2.27. The van der Waals surface area contributed by atoms with Crippen molar-refractivity contribution >= 4 is 5.69 Å². The second kappa shape index (κ2) is 5.09. The molecule has 17 heavy (non-hydrogen) atoms. The van der Waals surface area contributed by atoms with Crippen LogP contribution in [0.15, 0.2) is 24.3 Å². The molecule has 1 aromatic rings. The molecule has 0 saturated heterocycles. The van der Waals surface area contributed by atoms with Crippen LogP contribution < -0.4 is 4.90 Å². The van der Waals surface area contributed by atoms with Gasteiger partial charge in [-0.3, -0.25) is 0 Å². The number of para-hydroxylation sites is 1. The minimum absolute atomic E-state index is 0.397. The summed E-state index contributed by atoms with van der Waals surface area (Å²) in [6, 6.07) is 8.70. The fraction of sp³-hybridized carbons (Fsp3) is 0.600. The molecule has 2 nitrogen and oxygen atoms in total. The molecular formula is C15H23NO. The number of rotatable bonds is 5. The third-order valence-corrected chi connectivity index (χ3v) is 3.47. The van der Waals surface area contributed by atoms with Gasteiger partial charge in [0.1, 0.15) is 0 Å². The van der Waals surface area contributed by atoms with Crippen molar-refractivity contribution in [1.29, 1.82) is 0 Å². The van der Waals surface area contributed by atoms with Crippen LogP contribution >= 0.6 is 0 Å². The van der Waals surface area contributed by atoms with E-state index < -0.39 is 6.10 Å². The van der Waals surface area contributed by atoms with Crippen molar-refractivity contribution in [3.63, 3.8) is 0 Å². The van der Waals surface area contributed by atoms with Gasteiger partial charge >= 0.3 is 0 Å². The lowest BCUT2D eigenvalue weighted by molar-refractivity contribution is 0.199. The predicted molar refractivity (Wildman–Crippen MR) is 72.3 cm³/mol. The Balaban J connectivity index is 2.27. The van der Waals surface area contributed by atoms with Gasteiger partial charge in [-0.05, 0) is 45.6 Å². The lowest BCUT2D eigenvalue weighted by atomic mass is 10.1. The second-order valence-electron chi connectivity index (χ2n) is 5.42. The normalized spacial score (nSPS) is 17.2. The molecule has 0 radical (unpaired) electrons. The Bertz CT molecular complexity index is 369. The summed E-state index contributed by atoms with van der Waals surface area (Å²) in [5, 5.41) is 9.86. The maximum Gasteiger partial charge on any atom is 0.0781 e. The molecule has 0 amide bonds. The zero-order valence-electron chi connectivity index (χ0n) is 11.1. The molecule has 0 bridgehead atoms. The molecule has 1 atom stereocenters. The predicted octanol–water partition coefficient (Wildman–Crippen LogP) is 3.36. The largest absolute Gasteiger partial charge is 0.389 e. The van der Waals surface area contributed by atoms with E-state index in [4.69, 9.17) is 0 Å². The highest BCUT2D eigenvalue weighted by molar-refractivity contribution is 5.55. The molecule has 94 valence electrons. The Labute approximate surface area is 104 Å². The first-order valence-corrected chi connectivity index (χ1v) is 6.63. The van der Waals surface area contributed by atoms with Gasteiger partial charge in [-0.2, -0.15) is 0 Å². The first-order valence-electron chi connectivity index (χ1n) is 6.63. The minimum Gasteiger partial charge on any atom is -0.389 e. The Morgan fingerprint density at radius 1 is 1.24 bits per heavy atom. The summed E-state index contributed by atoms with van der Waals surface area (Å²) >= 11 is 0. The van der Waals surface area contributed by atoms with E-state index in [0.717, 1.165) is 18.0 Å². The molecule has 1 N–H and O–H groups in total. The third-order valence-electron chi connectivity index (χ3n) is 3.47. The maximum absolute atomic E-state index is 9.86. The van der Waals surface area contributed by atoms with Gasteiger partial charge in [0.05, 0.1) is 6.10 Å². The number of hydrogen-bond acceptors (Lipinski definition) is 2. The van der Waals surface area contributed by atoms with E-state index in [0.29, 0.717) is 6.04 Å². The van der Waals surface area contributed by atoms with Crippen LogP contribution in [0.2, 0.25) is 0 Å². The lowest BCUT2D eigenvalue weighted by Gasteiger charge is -2.31. The number of benzene rings is 1. The molecule has 0 heterocycles. The zero-order valence-corrected chi connectivity index (χ0v) is 11.1. The van der Waals surface area contributed by atoms with E-state index in [-0.39, 0.29) is 0 Å². The molecular weight excluding hydrogens is 210 g/mol. The van der Waals surface area contributed by atoms with Crippen molar-refractivity contribution < 1.29 is 5.11 Å². The molecule has 1 saturated carbocycles. The van der Waals surface area contributed by atoms with Crippen molar-refractivity contribution in [2.24, 2.45) is 5.92 Å². The molecule has 2 rings (SSSR count). The van der Waals surface area contributed by atoms with Gasteiger partial charge in [0.25, 0.3) is 0 Å². The summed E-state index contributed by atoms with van der Waals surface area (Å²) in [6.07, 6.45) is 2.33. The summed E-state index contributed by atoms with van der Waals surface area (Å²) in [7, 11) is 0. The number of aliphatic hydroxyl groups is 1. The van der Waals surface area contributed by atoms with Crippen LogP contribution in [0.3, 0.4) is 0 Å². The van der Waals surface area contributed by atoms with Gasteiger partial charge in [-0.15, -0.1) is 0 Å². The number of hydrogen-bond donors (Lipinski definition) is 1. The average Bonchev–Trinajstić information content (AvgIpc) is 3.09. The van der Waals surface area contributed by atoms with Crippen LogP contribution in [0.5, 0.6) is 0 Å². The molecule has 0 unspecified atom stereocenters. The van der Waals surface area contributed by atoms with E-state index >= 15 is 0 Å². The topological polar surface area (TPSA) is 23.5 Å². The summed E-state index contributed by atoms with van der Waals surface area (Å²) in [4.78, 5) is 2.43. The highest BCUT2D eigenvalue weighted by atomic mass is 16.3. The van der Waals surface area contributed by atoms with Gasteiger partial charge in [-0.1, -0.05) is 18.2 Å². The highest BCUT2D eigenvalue weighted by Gasteiger charge is 2.26. The smallest absolute Gasteiger partial charge is 0.0781 e. The number of anilines is 1. The molecule has 1 aliphatic carbocycles. The van der Waals surface area contributed by atoms with Gasteiger partial charge < -0.3 is 10.0 Å². The van der Waals surface area contributed by atoms with Gasteiger partial charge in [-0.25, -0.2) is 0 Å². The van der Waals surface area contributed by atoms with Crippen LogP contribution in [0.4, 0.5) is 5.69 Å². The summed E-state index contributed by atoms with van der Waals surface area (Å²) in [5.74, 6) is 0.861. The quantitative estimate of drug-likeness (QED) is 0.843. The minimum atomic E-state index is -0.397. The first-order chi connectivity index (χ1) is 8.09. The van der Waals surface area contributed by atoms with Gasteiger partial charge in [0.15, 0.2) is 0 Å². The van der Waals surface area contributed by atoms with Crippen molar-refractivity contribution in [1.82, 2.24) is 0 Å². The molecule has 0 aromatic heterocycles. The summed E-state index contributed by atoms with van der Waals surface area (Å²) in [6.45, 7) is 7.41. The number of nitrogens with zero attached hydrogens (tertiary/aromatic N) is 1. The van der Waals surface area contributed by atoms with Gasteiger partial charge in [0, 0.05) is 23.8 Å². The second-order valence-corrected chi connectivity index (χ2v) is 5.42. The van der Waals surface area contributed by atoms with Crippen molar-refractivity contribution in [2.45, 2.75) is 45.8 Å². The maximum atomic E-state index is 9.86. The van der Waals surface area contributed by atoms with E-state index in [1.165, 1.54) is 18.5 Å². The van der Waals surface area contributed by atoms with Crippen LogP contribution in [-0.4, -0.2) is 17.7 Å². The Morgan fingerprint density at radius 2 is 1.88 bits per heavy atom. The fourth-order valence-electron chi connectivity index (χ4n) is 2.27. The standard InChI is InChI=1S/C15H23NO/c1-11(2)16(10-13-8-9-13)15-7-5-4-6-14(15)12(3)17/h4-7,11-13,17H,8-10H2,1-3H3/t12-/m0/s1. The van der Waals surface area contributed by atoms with E-state index in [1.54, 1.807) is 0 Å². The Hall–Kier alpha value is -1.02. The van der Waals surface area contributed by atoms with Crippen LogP contribution in [0.25, 0.3) is 0 Å². The molecule has 1 aromatic carbocycles. The molecule has 2 heteroatoms. The third kappa shape index (κ3) is 3.01. The van der Waals surface area contributed by atoms with Crippen LogP contribution in [0.1, 0.15) is 45.3 Å². The van der Waals surface area contributed by atoms with Gasteiger partial charge in [0.2, 0.25) is 0 Å². The lowest BCUT2D eigenvalue weighted by Crippen LogP contribution is -2.33. The van der Waals surface area contributed by atoms with Crippen LogP contribution in [-0.2, 0) is 0 Å². The Morgan fingerprint density at radius 3 is 2.41 bits per heavy atom. The summed E-state index contributed by atoms with van der Waals surface area (Å²) in [5.41, 5.74) is 2.24. The first kappa shape index (κ1) is 12.4. The highest BCUT2D eigenvalue weighted by Crippen LogP contribution is 2.34. The van der Waals surface area contributed by atoms with E-state index in [2.05, 4.69) is 30.9 Å². The van der Waals surface area contributed by atoms with Crippen molar-refractivity contribution in [3.8, 4) is 0 Å². The molecule has 0 spiro atoms. The van der Waals surface area contributed by atoms with E-state index in [1.807, 2.05) is 19.1 Å². The summed E-state index contributed by atoms with van der Waals surface area (Å²) < 4.78 is 0. The SMILES string of the molecule is CC(C)N(CC1CC1)c1ccccc1[C@H](C)O. The van der Waals surface area contributed by atoms with Crippen molar-refractivity contribution in [2.75, 3.05) is 11.4 Å². The molecule has 0 aliphatic heterocycles. The van der Waals surface area contributed by atoms with E-state index in [9.17, 15) is 5.11 Å². The Kier molecular flexibility index (Phi) is 3.72. The number of aliphatic hydroxyl groups excluding tert-OH is 1. The van der Waals surface area contributed by atoms with Crippen LogP contribution in [0, 0.1) is 5.92 Å². The molecule has 1 fully saturated rings. The zero-order chi connectivity index (χ0) is 12.4. The molecule has 1 aliphatic rings. The van der Waals surface area contributed by atoms with Crippen molar-refractivity contribution in [3.05, 3.63) is 29.8 Å². The monoisotopic (exact) mass is 233 g/mol.